The summed E-state index contributed by atoms with van der Waals surface area (Å²) < 4.78 is 44.0. The van der Waals surface area contributed by atoms with Gasteiger partial charge in [-0.1, -0.05) is 32.9 Å². The summed E-state index contributed by atoms with van der Waals surface area (Å²) in [5.41, 5.74) is -5.18. The largest absolute Gasteiger partial charge is 0.462 e. The van der Waals surface area contributed by atoms with Gasteiger partial charge in [-0.2, -0.15) is 0 Å². The van der Waals surface area contributed by atoms with Crippen LogP contribution in [0.1, 0.15) is 88.5 Å². The summed E-state index contributed by atoms with van der Waals surface area (Å²) in [6.45, 7) is 19.0. The highest BCUT2D eigenvalue weighted by Crippen LogP contribution is 2.80. The maximum atomic E-state index is 13.7. The van der Waals surface area contributed by atoms with E-state index in [1.54, 1.807) is 20.8 Å². The van der Waals surface area contributed by atoms with Crippen molar-refractivity contribution in [1.29, 1.82) is 0 Å². The molecule has 0 aromatic heterocycles. The molecule has 1 heterocycles. The highest BCUT2D eigenvalue weighted by molar-refractivity contribution is 5.75. The van der Waals surface area contributed by atoms with Gasteiger partial charge in [0, 0.05) is 33.6 Å². The molecule has 14 atom stereocenters. The highest BCUT2D eigenvalue weighted by atomic mass is 16.7. The van der Waals surface area contributed by atoms with E-state index in [0.29, 0.717) is 5.57 Å². The molecule has 5 aliphatic rings. The number of esters is 6. The van der Waals surface area contributed by atoms with E-state index >= 15 is 0 Å². The summed E-state index contributed by atoms with van der Waals surface area (Å²) in [5, 5.41) is 10.6. The molecule has 1 N–H and O–H groups in total. The maximum Gasteiger partial charge on any atom is 0.334 e. The Morgan fingerprint density at radius 2 is 1.46 bits per heavy atom. The van der Waals surface area contributed by atoms with E-state index in [1.807, 2.05) is 13.8 Å². The quantitative estimate of drug-likeness (QED) is 0.209. The number of carbonyl (C=O) groups excluding carboxylic acids is 6. The molecule has 1 aliphatic heterocycles. The second kappa shape index (κ2) is 12.6. The highest BCUT2D eigenvalue weighted by Gasteiger charge is 2.89. The summed E-state index contributed by atoms with van der Waals surface area (Å²) in [7, 11) is 0. The fraction of sp³-hybridized carbons (Fsp3) is 0.778. The molecule has 278 valence electrons. The van der Waals surface area contributed by atoms with Gasteiger partial charge in [-0.15, -0.1) is 0 Å². The van der Waals surface area contributed by atoms with Gasteiger partial charge < -0.3 is 38.3 Å². The number of fused-ring (bicyclic) bond motifs is 2. The predicted octanol–water partition coefficient (Wildman–Crippen LogP) is 2.95. The predicted molar refractivity (Wildman–Crippen MR) is 170 cm³/mol. The Bertz CT molecular complexity index is 1480. The Morgan fingerprint density at radius 3 is 1.98 bits per heavy atom. The summed E-state index contributed by atoms with van der Waals surface area (Å²) >= 11 is 0. The Morgan fingerprint density at radius 1 is 0.860 bits per heavy atom. The van der Waals surface area contributed by atoms with Crippen LogP contribution in [0.15, 0.2) is 12.2 Å². The van der Waals surface area contributed by atoms with Gasteiger partial charge in [0.05, 0.1) is 12.3 Å². The van der Waals surface area contributed by atoms with Crippen molar-refractivity contribution >= 4 is 35.8 Å². The van der Waals surface area contributed by atoms with Gasteiger partial charge in [0.15, 0.2) is 11.7 Å². The lowest BCUT2D eigenvalue weighted by Crippen LogP contribution is -2.67. The maximum absolute atomic E-state index is 13.7. The first-order valence-corrected chi connectivity index (χ1v) is 17.2. The number of aliphatic hydroxyl groups is 1. The normalized spacial score (nSPS) is 42.2. The van der Waals surface area contributed by atoms with E-state index in [0.717, 1.165) is 0 Å². The van der Waals surface area contributed by atoms with Gasteiger partial charge in [-0.25, -0.2) is 4.79 Å². The van der Waals surface area contributed by atoms with Crippen LogP contribution in [0.25, 0.3) is 0 Å². The molecule has 2 bridgehead atoms. The lowest BCUT2D eigenvalue weighted by molar-refractivity contribution is -0.294. The first-order chi connectivity index (χ1) is 23.0. The molecule has 14 nitrogen and oxygen atoms in total. The minimum absolute atomic E-state index is 0.0343. The number of carbonyl (C=O) groups is 6. The topological polar surface area (TPSA) is 187 Å². The molecule has 4 aliphatic carbocycles. The third kappa shape index (κ3) is 5.70. The molecule has 14 heteroatoms. The lowest BCUT2D eigenvalue weighted by Gasteiger charge is -2.52. The van der Waals surface area contributed by atoms with Crippen molar-refractivity contribution in [1.82, 2.24) is 0 Å². The zero-order chi connectivity index (χ0) is 37.5. The minimum Gasteiger partial charge on any atom is -0.462 e. The Kier molecular flexibility index (Phi) is 9.51. The standard InChI is InChI=1S/C36H50O14/c1-15(2)12-24(42)47-23-13-22-25(33(22,9)10)28-34(11)31(45-19(6)39)35(49-21(8)41)14-16(3)27(44-18(5)38)26(35)29(48-30(43)17(4)37)36(23,28)32(50-34)46-20(7)40/h16-17,22-23,25-29,31-32,37H,1,12-14H2,2-11H3/t16-,17+,22-,23+,25-,26+,27-,28-,29+,31+,32-,34-,35+,36-/m0/s1. The van der Waals surface area contributed by atoms with E-state index in [2.05, 4.69) is 6.58 Å². The Hall–Kier alpha value is -3.52. The number of hydrogen-bond acceptors (Lipinski definition) is 14. The fourth-order valence-electron chi connectivity index (χ4n) is 10.5. The molecule has 0 aromatic carbocycles. The van der Waals surface area contributed by atoms with Crippen LogP contribution in [0.5, 0.6) is 0 Å². The lowest BCUT2D eigenvalue weighted by atomic mass is 9.56. The van der Waals surface area contributed by atoms with Crippen LogP contribution in [0.4, 0.5) is 0 Å². The van der Waals surface area contributed by atoms with Gasteiger partial charge in [-0.05, 0) is 56.8 Å². The van der Waals surface area contributed by atoms with E-state index in [9.17, 15) is 33.9 Å². The van der Waals surface area contributed by atoms with Gasteiger partial charge >= 0.3 is 35.8 Å². The first-order valence-electron chi connectivity index (χ1n) is 17.2. The average molecular weight is 707 g/mol. The van der Waals surface area contributed by atoms with Crippen molar-refractivity contribution in [3.05, 3.63) is 12.2 Å². The number of aliphatic hydroxyl groups excluding tert-OH is 1. The van der Waals surface area contributed by atoms with Crippen molar-refractivity contribution in [3.8, 4) is 0 Å². The molecule has 0 radical (unpaired) electrons. The second-order valence-corrected chi connectivity index (χ2v) is 15.9. The molecule has 0 amide bonds. The van der Waals surface area contributed by atoms with Crippen molar-refractivity contribution in [2.75, 3.05) is 0 Å². The zero-order valence-electron chi connectivity index (χ0n) is 30.4. The summed E-state index contributed by atoms with van der Waals surface area (Å²) in [6.07, 6.45) is -8.50. The summed E-state index contributed by atoms with van der Waals surface area (Å²) in [6, 6.07) is 0. The molecule has 0 spiro atoms. The van der Waals surface area contributed by atoms with E-state index < -0.39 is 112 Å². The molecular weight excluding hydrogens is 656 g/mol. The summed E-state index contributed by atoms with van der Waals surface area (Å²) in [5.74, 6) is -7.81. The third-order valence-electron chi connectivity index (χ3n) is 11.8. The molecule has 5 rings (SSSR count). The van der Waals surface area contributed by atoms with Crippen molar-refractivity contribution in [3.63, 3.8) is 0 Å². The van der Waals surface area contributed by atoms with Crippen molar-refractivity contribution < 1.29 is 67.0 Å². The third-order valence-corrected chi connectivity index (χ3v) is 11.8. The van der Waals surface area contributed by atoms with Crippen LogP contribution in [-0.4, -0.2) is 88.9 Å². The van der Waals surface area contributed by atoms with E-state index in [4.69, 9.17) is 33.2 Å². The Labute approximate surface area is 291 Å². The van der Waals surface area contributed by atoms with Gasteiger partial charge in [-0.3, -0.25) is 24.0 Å². The molecule has 4 saturated carbocycles. The number of ether oxygens (including phenoxy) is 7. The summed E-state index contributed by atoms with van der Waals surface area (Å²) in [4.78, 5) is 79.3. The second-order valence-electron chi connectivity index (χ2n) is 15.9. The van der Waals surface area contributed by atoms with Crippen LogP contribution in [0, 0.1) is 40.4 Å². The first kappa shape index (κ1) is 37.7. The van der Waals surface area contributed by atoms with Gasteiger partial charge in [0.2, 0.25) is 6.29 Å². The average Bonchev–Trinajstić information content (AvgIpc) is 3.24. The SMILES string of the molecule is C=C(C)CC(=O)O[C@@H]1C[C@H]2[C@@H]([C@H]3[C@]4(C)O[C@H](OC(C)=O)[C@@]13[C@H](OC(=O)[C@@H](C)O)[C@H]1[C@@H](OC(C)=O)[C@@H](C)C[C@]1(OC(C)=O)[C@@H]4OC(C)=O)C2(C)C. The van der Waals surface area contributed by atoms with Crippen LogP contribution in [-0.2, 0) is 61.9 Å². The van der Waals surface area contributed by atoms with Crippen LogP contribution in [0.3, 0.4) is 0 Å². The molecule has 50 heavy (non-hydrogen) atoms. The number of rotatable bonds is 9. The zero-order valence-corrected chi connectivity index (χ0v) is 30.4. The molecule has 5 fully saturated rings. The van der Waals surface area contributed by atoms with Gasteiger partial charge in [0.25, 0.3) is 0 Å². The molecule has 0 aromatic rings. The van der Waals surface area contributed by atoms with E-state index in [1.165, 1.54) is 34.6 Å². The van der Waals surface area contributed by atoms with Crippen molar-refractivity contribution in [2.45, 2.75) is 137 Å². The van der Waals surface area contributed by atoms with Crippen LogP contribution < -0.4 is 0 Å². The van der Waals surface area contributed by atoms with E-state index in [-0.39, 0.29) is 31.1 Å². The van der Waals surface area contributed by atoms with Gasteiger partial charge in [0.1, 0.15) is 35.4 Å². The minimum atomic E-state index is -1.86. The monoisotopic (exact) mass is 706 g/mol. The Balaban J connectivity index is 1.94. The van der Waals surface area contributed by atoms with Crippen LogP contribution in [0.2, 0.25) is 0 Å². The number of hydrogen-bond donors (Lipinski definition) is 1. The fourth-order valence-corrected chi connectivity index (χ4v) is 10.5. The van der Waals surface area contributed by atoms with Crippen LogP contribution >= 0.6 is 0 Å². The van der Waals surface area contributed by atoms with Crippen molar-refractivity contribution in [2.24, 2.45) is 40.4 Å². The molecule has 1 saturated heterocycles. The smallest absolute Gasteiger partial charge is 0.334 e. The molecule has 0 unspecified atom stereocenters. The molecular formula is C36H50O14.